The van der Waals surface area contributed by atoms with E-state index in [1.165, 1.54) is 25.7 Å². The molecule has 222 valence electrons. The van der Waals surface area contributed by atoms with Crippen LogP contribution in [0.15, 0.2) is 0 Å². The molecule has 0 spiro atoms. The third kappa shape index (κ3) is 3.92. The Labute approximate surface area is 246 Å². The van der Waals surface area contributed by atoms with Gasteiger partial charge in [-0.3, -0.25) is 0 Å². The molecule has 1 unspecified atom stereocenters. The van der Waals surface area contributed by atoms with Gasteiger partial charge in [-0.2, -0.15) is 0 Å². The van der Waals surface area contributed by atoms with E-state index in [4.69, 9.17) is 27.9 Å². The summed E-state index contributed by atoms with van der Waals surface area (Å²) in [7, 11) is 0. The molecule has 6 heteroatoms. The fourth-order valence-electron chi connectivity index (χ4n) is 12.2. The Morgan fingerprint density at radius 3 is 2.10 bits per heavy atom. The Morgan fingerprint density at radius 2 is 1.46 bits per heavy atom. The third-order valence-electron chi connectivity index (χ3n) is 14.8. The monoisotopic (exact) mass is 582 g/mol. The number of hydrogen-bond donors (Lipinski definition) is 1. The molecular formula is C33H52Cl2O4. The first-order chi connectivity index (χ1) is 17.9. The summed E-state index contributed by atoms with van der Waals surface area (Å²) in [4.78, 5) is 24.6. The summed E-state index contributed by atoms with van der Waals surface area (Å²) in [6.07, 6.45) is 10.4. The van der Waals surface area contributed by atoms with Crippen LogP contribution in [0.3, 0.4) is 0 Å². The normalized spacial score (nSPS) is 52.6. The highest BCUT2D eigenvalue weighted by Crippen LogP contribution is 2.78. The van der Waals surface area contributed by atoms with Crippen LogP contribution in [-0.2, 0) is 14.3 Å². The number of ether oxygens (including phenoxy) is 1. The van der Waals surface area contributed by atoms with E-state index in [0.29, 0.717) is 23.7 Å². The van der Waals surface area contributed by atoms with Crippen LogP contribution in [0, 0.1) is 62.6 Å². The highest BCUT2D eigenvalue weighted by Gasteiger charge is 2.75. The van der Waals surface area contributed by atoms with Crippen LogP contribution in [0.4, 0.5) is 0 Å². The maximum absolute atomic E-state index is 13.7. The van der Waals surface area contributed by atoms with Crippen molar-refractivity contribution in [2.45, 2.75) is 130 Å². The summed E-state index contributed by atoms with van der Waals surface area (Å²) in [6.45, 7) is 19.4. The second kappa shape index (κ2) is 9.34. The minimum absolute atomic E-state index is 0.0178. The van der Waals surface area contributed by atoms with E-state index in [0.717, 1.165) is 37.5 Å². The van der Waals surface area contributed by atoms with Gasteiger partial charge in [0.15, 0.2) is 5.60 Å². The van der Waals surface area contributed by atoms with Crippen molar-refractivity contribution in [2.75, 3.05) is 0 Å². The molecule has 0 bridgehead atoms. The molecule has 0 saturated heterocycles. The van der Waals surface area contributed by atoms with Crippen molar-refractivity contribution >= 4 is 35.1 Å². The molecule has 4 nitrogen and oxygen atoms in total. The Balaban J connectivity index is 1.59. The van der Waals surface area contributed by atoms with Crippen molar-refractivity contribution in [3.63, 3.8) is 0 Å². The first kappa shape index (κ1) is 30.1. The summed E-state index contributed by atoms with van der Waals surface area (Å²) < 4.78 is 5.20. The van der Waals surface area contributed by atoms with Crippen molar-refractivity contribution < 1.29 is 19.4 Å². The molecule has 5 aliphatic rings. The molecule has 0 radical (unpaired) electrons. The lowest BCUT2D eigenvalue weighted by Crippen LogP contribution is -2.73. The molecule has 5 rings (SSSR count). The zero-order chi connectivity index (χ0) is 29.0. The molecule has 1 N–H and O–H groups in total. The lowest BCUT2D eigenvalue weighted by atomic mass is 9.30. The first-order valence-corrected chi connectivity index (χ1v) is 16.5. The highest BCUT2D eigenvalue weighted by molar-refractivity contribution is 6.53. The number of alkyl halides is 2. The molecule has 0 aliphatic heterocycles. The fraction of sp³-hybridized carbons (Fsp3) is 0.939. The Kier molecular flexibility index (Phi) is 7.22. The van der Waals surface area contributed by atoms with Crippen LogP contribution in [0.5, 0.6) is 0 Å². The third-order valence-corrected chi connectivity index (χ3v) is 15.2. The van der Waals surface area contributed by atoms with E-state index in [1.54, 1.807) is 0 Å². The quantitative estimate of drug-likeness (QED) is 0.202. The number of hydrogen-bond acceptors (Lipinski definition) is 4. The molecule has 5 saturated carbocycles. The number of carbonyl (C=O) groups is 2. The molecule has 11 atom stereocenters. The fourth-order valence-corrected chi connectivity index (χ4v) is 12.3. The molecule has 0 heterocycles. The molecule has 5 aliphatic carbocycles. The summed E-state index contributed by atoms with van der Waals surface area (Å²) in [5.74, 6) is 1.29. The van der Waals surface area contributed by atoms with Crippen molar-refractivity contribution in [3.8, 4) is 0 Å². The number of fused-ring (bicyclic) bond motifs is 7. The van der Waals surface area contributed by atoms with Gasteiger partial charge in [0, 0.05) is 5.41 Å². The van der Waals surface area contributed by atoms with Gasteiger partial charge in [-0.15, -0.1) is 0 Å². The maximum atomic E-state index is 13.7. The van der Waals surface area contributed by atoms with Crippen molar-refractivity contribution in [1.29, 1.82) is 0 Å². The Hall–Kier alpha value is -0.320. The van der Waals surface area contributed by atoms with Crippen LogP contribution in [-0.4, -0.2) is 27.5 Å². The van der Waals surface area contributed by atoms with E-state index in [2.05, 4.69) is 55.4 Å². The van der Waals surface area contributed by atoms with Gasteiger partial charge < -0.3 is 9.84 Å². The molecule has 0 aromatic carbocycles. The van der Waals surface area contributed by atoms with Gasteiger partial charge in [0.2, 0.25) is 4.84 Å². The van der Waals surface area contributed by atoms with Gasteiger partial charge in [0.1, 0.15) is 0 Å². The molecule has 0 aromatic heterocycles. The number of halogens is 2. The summed E-state index contributed by atoms with van der Waals surface area (Å²) in [5, 5.41) is 12.5. The van der Waals surface area contributed by atoms with Gasteiger partial charge in [0.25, 0.3) is 0 Å². The zero-order valence-corrected chi connectivity index (χ0v) is 27.1. The molecule has 0 aromatic rings. The average Bonchev–Trinajstić information content (AvgIpc) is 2.85. The molecule has 39 heavy (non-hydrogen) atoms. The van der Waals surface area contributed by atoms with Gasteiger partial charge >= 0.3 is 11.9 Å². The largest absolute Gasteiger partial charge is 0.389 e. The van der Waals surface area contributed by atoms with Crippen LogP contribution >= 0.6 is 23.2 Å². The predicted octanol–water partition coefficient (Wildman–Crippen LogP) is 8.35. The van der Waals surface area contributed by atoms with E-state index in [1.807, 2.05) is 0 Å². The van der Waals surface area contributed by atoms with Gasteiger partial charge in [-0.1, -0.05) is 78.6 Å². The maximum Gasteiger partial charge on any atom is 0.347 e. The average molecular weight is 584 g/mol. The number of rotatable bonds is 2. The van der Waals surface area contributed by atoms with Crippen molar-refractivity contribution in [3.05, 3.63) is 0 Å². The van der Waals surface area contributed by atoms with Crippen molar-refractivity contribution in [1.82, 2.24) is 0 Å². The number of carbonyl (C=O) groups excluding carboxylic acids is 2. The van der Waals surface area contributed by atoms with Crippen LogP contribution < -0.4 is 0 Å². The number of esters is 2. The van der Waals surface area contributed by atoms with E-state index in [-0.39, 0.29) is 34.5 Å². The first-order valence-electron chi connectivity index (χ1n) is 15.7. The molecular weight excluding hydrogens is 531 g/mol. The van der Waals surface area contributed by atoms with E-state index in [9.17, 15) is 14.7 Å². The minimum Gasteiger partial charge on any atom is -0.389 e. The summed E-state index contributed by atoms with van der Waals surface area (Å²) in [5.41, 5.74) is -1.96. The lowest BCUT2D eigenvalue weighted by Gasteiger charge is -2.75. The van der Waals surface area contributed by atoms with Gasteiger partial charge in [0.05, 0.1) is 0 Å². The standard InChI is InChI=1S/C33H52Cl2O4/c1-19-11-13-29(5)16-17-30(6)21(24(29)20(19)2)9-10-23-31(30,7)14-12-22-28(3,4)15-18-33(38,32(22,23)8)27(37)39-26(36)25(34)35/h19-25,38H,9-18H2,1-8H3/t19-,20+,21-,22+,23+,24+,29-,30-,31-,32+,33?/m1/s1. The highest BCUT2D eigenvalue weighted by atomic mass is 35.5. The second-order valence-electron chi connectivity index (χ2n) is 16.4. The van der Waals surface area contributed by atoms with E-state index < -0.39 is 27.8 Å². The zero-order valence-electron chi connectivity index (χ0n) is 25.5. The molecule has 0 amide bonds. The SMILES string of the molecule is C[C@@H]1[C@H]2[C@H]3CC[C@@H]4[C@]5(C)[C@@H](CC[C@@]4(C)[C@]3(C)CC[C@@]2(C)CC[C@H]1C)C(C)(C)CCC5(O)C(=O)OC(=O)C(Cl)Cl. The topological polar surface area (TPSA) is 63.6 Å². The van der Waals surface area contributed by atoms with Gasteiger partial charge in [-0.05, 0) is 121 Å². The van der Waals surface area contributed by atoms with Gasteiger partial charge in [-0.25, -0.2) is 9.59 Å². The van der Waals surface area contributed by atoms with Crippen LogP contribution in [0.1, 0.15) is 120 Å². The lowest BCUT2D eigenvalue weighted by molar-refractivity contribution is -0.291. The van der Waals surface area contributed by atoms with E-state index >= 15 is 0 Å². The summed E-state index contributed by atoms with van der Waals surface area (Å²) >= 11 is 11.5. The predicted molar refractivity (Wildman–Crippen MR) is 156 cm³/mol. The smallest absolute Gasteiger partial charge is 0.347 e. The number of aliphatic hydroxyl groups is 1. The van der Waals surface area contributed by atoms with Crippen LogP contribution in [0.2, 0.25) is 0 Å². The van der Waals surface area contributed by atoms with Crippen molar-refractivity contribution in [2.24, 2.45) is 62.6 Å². The molecule has 5 fully saturated rings. The Bertz CT molecular complexity index is 1030. The second-order valence-corrected chi connectivity index (χ2v) is 17.5. The van der Waals surface area contributed by atoms with Crippen LogP contribution in [0.25, 0.3) is 0 Å². The Morgan fingerprint density at radius 1 is 0.795 bits per heavy atom. The summed E-state index contributed by atoms with van der Waals surface area (Å²) in [6, 6.07) is 0. The minimum atomic E-state index is -1.75.